The van der Waals surface area contributed by atoms with Crippen LogP contribution in [0.1, 0.15) is 0 Å². The highest BCUT2D eigenvalue weighted by molar-refractivity contribution is 5.91. The van der Waals surface area contributed by atoms with Crippen LogP contribution in [-0.4, -0.2) is 16.4 Å². The maximum absolute atomic E-state index is 11.0. The molecule has 4 N–H and O–H groups in total. The van der Waals surface area contributed by atoms with Crippen molar-refractivity contribution in [3.05, 3.63) is 24.5 Å². The molecule has 0 aromatic carbocycles. The Kier molecular flexibility index (Phi) is 2.47. The van der Waals surface area contributed by atoms with E-state index < -0.39 is 0 Å². The van der Waals surface area contributed by atoms with Gasteiger partial charge in [0.1, 0.15) is 6.54 Å². The second-order valence-electron chi connectivity index (χ2n) is 2.29. The van der Waals surface area contributed by atoms with Crippen molar-refractivity contribution >= 4 is 11.9 Å². The first-order valence-corrected chi connectivity index (χ1v) is 3.41. The smallest absolute Gasteiger partial charge is 0.268 e. The van der Waals surface area contributed by atoms with Gasteiger partial charge in [-0.25, -0.2) is 0 Å². The number of rotatable bonds is 2. The molecule has 0 saturated heterocycles. The molecule has 1 amide bonds. The molecule has 0 aliphatic rings. The fourth-order valence-corrected chi connectivity index (χ4v) is 0.811. The van der Waals surface area contributed by atoms with Crippen LogP contribution in [0.25, 0.3) is 0 Å². The van der Waals surface area contributed by atoms with Crippen molar-refractivity contribution in [3.8, 4) is 0 Å². The van der Waals surface area contributed by atoms with E-state index in [-0.39, 0.29) is 18.4 Å². The lowest BCUT2D eigenvalue weighted by molar-refractivity contribution is -0.118. The van der Waals surface area contributed by atoms with E-state index in [2.05, 4.69) is 4.99 Å². The third kappa shape index (κ3) is 2.45. The number of carbonyl (C=O) groups is 1. The summed E-state index contributed by atoms with van der Waals surface area (Å²) in [4.78, 5) is 14.3. The van der Waals surface area contributed by atoms with Gasteiger partial charge < -0.3 is 16.0 Å². The van der Waals surface area contributed by atoms with Crippen molar-refractivity contribution in [2.75, 3.05) is 0 Å². The lowest BCUT2D eigenvalue weighted by Gasteiger charge is -1.96. The molecular formula is C7H10N4O. The number of nitrogens with two attached hydrogens (primary N) is 2. The zero-order chi connectivity index (χ0) is 8.97. The van der Waals surface area contributed by atoms with Crippen LogP contribution < -0.4 is 11.5 Å². The molecule has 64 valence electrons. The van der Waals surface area contributed by atoms with Crippen molar-refractivity contribution < 1.29 is 4.79 Å². The lowest BCUT2D eigenvalue weighted by Crippen LogP contribution is -2.25. The third-order valence-corrected chi connectivity index (χ3v) is 1.24. The molecule has 1 heterocycles. The Morgan fingerprint density at radius 3 is 2.42 bits per heavy atom. The predicted octanol–water partition coefficient (Wildman–Crippen LogP) is -0.712. The predicted molar refractivity (Wildman–Crippen MR) is 45.2 cm³/mol. The summed E-state index contributed by atoms with van der Waals surface area (Å²) in [5, 5.41) is 0. The van der Waals surface area contributed by atoms with Crippen LogP contribution in [0, 0.1) is 0 Å². The van der Waals surface area contributed by atoms with Gasteiger partial charge in [-0.2, -0.15) is 4.99 Å². The Morgan fingerprint density at radius 2 is 1.92 bits per heavy atom. The summed E-state index contributed by atoms with van der Waals surface area (Å²) < 4.78 is 1.69. The first-order valence-electron chi connectivity index (χ1n) is 3.41. The first-order chi connectivity index (χ1) is 5.68. The van der Waals surface area contributed by atoms with Gasteiger partial charge in [-0.05, 0) is 12.1 Å². The average molecular weight is 166 g/mol. The monoisotopic (exact) mass is 166 g/mol. The van der Waals surface area contributed by atoms with Crippen molar-refractivity contribution in [2.45, 2.75) is 6.54 Å². The summed E-state index contributed by atoms with van der Waals surface area (Å²) >= 11 is 0. The Balaban J connectivity index is 2.54. The van der Waals surface area contributed by atoms with E-state index in [9.17, 15) is 4.79 Å². The average Bonchev–Trinajstić information content (AvgIpc) is 2.37. The van der Waals surface area contributed by atoms with E-state index in [4.69, 9.17) is 11.5 Å². The van der Waals surface area contributed by atoms with Crippen molar-refractivity contribution in [3.63, 3.8) is 0 Å². The molecule has 0 atom stereocenters. The molecule has 0 saturated carbocycles. The number of guanidine groups is 1. The molecule has 1 aromatic rings. The highest BCUT2D eigenvalue weighted by Gasteiger charge is 1.98. The SMILES string of the molecule is NC(N)=NC(=O)Cn1cccc1. The zero-order valence-corrected chi connectivity index (χ0v) is 6.47. The van der Waals surface area contributed by atoms with Crippen LogP contribution in [0.2, 0.25) is 0 Å². The quantitative estimate of drug-likeness (QED) is 0.449. The number of aliphatic imine (C=N–C) groups is 1. The van der Waals surface area contributed by atoms with Gasteiger partial charge in [0, 0.05) is 12.4 Å². The van der Waals surface area contributed by atoms with E-state index >= 15 is 0 Å². The largest absolute Gasteiger partial charge is 0.370 e. The van der Waals surface area contributed by atoms with Crippen LogP contribution in [0.4, 0.5) is 0 Å². The summed E-state index contributed by atoms with van der Waals surface area (Å²) in [5.74, 6) is -0.557. The number of nitrogens with zero attached hydrogens (tertiary/aromatic N) is 2. The maximum Gasteiger partial charge on any atom is 0.268 e. The van der Waals surface area contributed by atoms with Crippen LogP contribution in [0.5, 0.6) is 0 Å². The molecule has 1 rings (SSSR count). The Morgan fingerprint density at radius 1 is 1.33 bits per heavy atom. The Hall–Kier alpha value is -1.78. The lowest BCUT2D eigenvalue weighted by atomic mass is 10.6. The third-order valence-electron chi connectivity index (χ3n) is 1.24. The fraction of sp³-hybridized carbons (Fsp3) is 0.143. The minimum atomic E-state index is -0.355. The summed E-state index contributed by atoms with van der Waals surface area (Å²) in [5.41, 5.74) is 10.0. The second-order valence-corrected chi connectivity index (χ2v) is 2.29. The van der Waals surface area contributed by atoms with Gasteiger partial charge in [0.15, 0.2) is 5.96 Å². The Bertz CT molecular complexity index is 284. The molecule has 0 bridgehead atoms. The fourth-order valence-electron chi connectivity index (χ4n) is 0.811. The first kappa shape index (κ1) is 8.32. The van der Waals surface area contributed by atoms with Gasteiger partial charge >= 0.3 is 0 Å². The number of aromatic nitrogens is 1. The topological polar surface area (TPSA) is 86.4 Å². The van der Waals surface area contributed by atoms with Crippen LogP contribution in [-0.2, 0) is 11.3 Å². The minimum absolute atomic E-state index is 0.172. The maximum atomic E-state index is 11.0. The molecule has 0 fully saturated rings. The molecule has 0 aliphatic heterocycles. The van der Waals surface area contributed by atoms with Crippen LogP contribution in [0.3, 0.4) is 0 Å². The second kappa shape index (κ2) is 3.56. The number of amides is 1. The van der Waals surface area contributed by atoms with Gasteiger partial charge in [-0.3, -0.25) is 4.79 Å². The van der Waals surface area contributed by atoms with Crippen molar-refractivity contribution in [1.29, 1.82) is 0 Å². The molecule has 0 spiro atoms. The van der Waals surface area contributed by atoms with Gasteiger partial charge in [-0.1, -0.05) is 0 Å². The summed E-state index contributed by atoms with van der Waals surface area (Å²) in [6.07, 6.45) is 3.53. The van der Waals surface area contributed by atoms with Crippen molar-refractivity contribution in [2.24, 2.45) is 16.5 Å². The van der Waals surface area contributed by atoms with Crippen LogP contribution in [0.15, 0.2) is 29.5 Å². The molecule has 0 radical (unpaired) electrons. The normalized spacial score (nSPS) is 9.33. The van der Waals surface area contributed by atoms with E-state index in [1.54, 1.807) is 17.0 Å². The summed E-state index contributed by atoms with van der Waals surface area (Å²) in [6, 6.07) is 3.64. The zero-order valence-electron chi connectivity index (χ0n) is 6.47. The standard InChI is InChI=1S/C7H10N4O/c8-7(9)10-6(12)5-11-3-1-2-4-11/h1-4H,5H2,(H4,8,9,10,12). The number of hydrogen-bond donors (Lipinski definition) is 2. The molecule has 5 heteroatoms. The van der Waals surface area contributed by atoms with Gasteiger partial charge in [-0.15, -0.1) is 0 Å². The van der Waals surface area contributed by atoms with E-state index in [1.807, 2.05) is 12.1 Å². The van der Waals surface area contributed by atoms with Crippen molar-refractivity contribution in [1.82, 2.24) is 4.57 Å². The number of carbonyl (C=O) groups excluding carboxylic acids is 1. The Labute approximate surface area is 69.7 Å². The van der Waals surface area contributed by atoms with E-state index in [0.29, 0.717) is 0 Å². The minimum Gasteiger partial charge on any atom is -0.370 e. The highest BCUT2D eigenvalue weighted by Crippen LogP contribution is 1.90. The number of hydrogen-bond acceptors (Lipinski definition) is 1. The van der Waals surface area contributed by atoms with E-state index in [0.717, 1.165) is 0 Å². The van der Waals surface area contributed by atoms with Gasteiger partial charge in [0.25, 0.3) is 5.91 Å². The summed E-state index contributed by atoms with van der Waals surface area (Å²) in [6.45, 7) is 0.172. The molecule has 5 nitrogen and oxygen atoms in total. The summed E-state index contributed by atoms with van der Waals surface area (Å²) in [7, 11) is 0. The van der Waals surface area contributed by atoms with Crippen LogP contribution >= 0.6 is 0 Å². The molecule has 1 aromatic heterocycles. The molecule has 0 unspecified atom stereocenters. The van der Waals surface area contributed by atoms with E-state index in [1.165, 1.54) is 0 Å². The molecular weight excluding hydrogens is 156 g/mol. The highest BCUT2D eigenvalue weighted by atomic mass is 16.1. The molecule has 12 heavy (non-hydrogen) atoms. The molecule has 0 aliphatic carbocycles. The van der Waals surface area contributed by atoms with Gasteiger partial charge in [0.05, 0.1) is 0 Å². The van der Waals surface area contributed by atoms with Gasteiger partial charge in [0.2, 0.25) is 0 Å².